The summed E-state index contributed by atoms with van der Waals surface area (Å²) in [6, 6.07) is 3.80. The minimum atomic E-state index is 0.491. The predicted molar refractivity (Wildman–Crippen MR) is 94.4 cm³/mol. The van der Waals surface area contributed by atoms with Crippen LogP contribution in [0.3, 0.4) is 0 Å². The summed E-state index contributed by atoms with van der Waals surface area (Å²) in [6.07, 6.45) is 7.66. The number of allylic oxidation sites excluding steroid dienone is 5. The van der Waals surface area contributed by atoms with Gasteiger partial charge >= 0.3 is 0 Å². The molecule has 2 aromatic heterocycles. The van der Waals surface area contributed by atoms with E-state index in [1.54, 1.807) is 6.08 Å². The summed E-state index contributed by atoms with van der Waals surface area (Å²) in [5.41, 5.74) is 3.06. The number of nitrogens with zero attached hydrogens (tertiary/aromatic N) is 4. The van der Waals surface area contributed by atoms with Crippen LogP contribution in [-0.4, -0.2) is 48.7 Å². The Labute approximate surface area is 137 Å². The lowest BCUT2D eigenvalue weighted by molar-refractivity contribution is 0.122. The molecule has 0 aromatic carbocycles. The van der Waals surface area contributed by atoms with Gasteiger partial charge in [0.1, 0.15) is 13.7 Å². The van der Waals surface area contributed by atoms with Crippen molar-refractivity contribution in [2.24, 2.45) is 0 Å². The molecular weight excluding hydrogens is 287 g/mol. The SMILES string of the molecule is [B]c1cc(N2CCOCC2)n2nc(C(/C=C\C)=C/C=C)cc2n1. The first-order valence-corrected chi connectivity index (χ1v) is 7.67. The lowest BCUT2D eigenvalue weighted by Gasteiger charge is -2.29. The molecule has 1 saturated heterocycles. The first-order valence-electron chi connectivity index (χ1n) is 7.67. The molecule has 3 rings (SSSR count). The molecule has 6 heteroatoms. The van der Waals surface area contributed by atoms with Crippen LogP contribution in [0.1, 0.15) is 12.6 Å². The molecule has 0 atom stereocenters. The highest BCUT2D eigenvalue weighted by atomic mass is 16.5. The second-order valence-corrected chi connectivity index (χ2v) is 5.30. The molecule has 2 aromatic rings. The largest absolute Gasteiger partial charge is 0.378 e. The number of hydrogen-bond acceptors (Lipinski definition) is 4. The van der Waals surface area contributed by atoms with Gasteiger partial charge in [-0.25, -0.2) is 4.98 Å². The van der Waals surface area contributed by atoms with Crippen molar-refractivity contribution in [3.63, 3.8) is 0 Å². The third-order valence-corrected chi connectivity index (χ3v) is 3.70. The zero-order chi connectivity index (χ0) is 16.2. The van der Waals surface area contributed by atoms with Gasteiger partial charge in [-0.3, -0.25) is 0 Å². The van der Waals surface area contributed by atoms with E-state index in [4.69, 9.17) is 17.7 Å². The van der Waals surface area contributed by atoms with E-state index in [9.17, 15) is 0 Å². The van der Waals surface area contributed by atoms with E-state index in [1.165, 1.54) is 0 Å². The van der Waals surface area contributed by atoms with Crippen LogP contribution >= 0.6 is 0 Å². The fourth-order valence-electron chi connectivity index (χ4n) is 2.67. The zero-order valence-corrected chi connectivity index (χ0v) is 13.3. The topological polar surface area (TPSA) is 42.7 Å². The number of hydrogen-bond donors (Lipinski definition) is 0. The molecule has 0 N–H and O–H groups in total. The van der Waals surface area contributed by atoms with Gasteiger partial charge in [0.2, 0.25) is 0 Å². The van der Waals surface area contributed by atoms with Crippen LogP contribution in [-0.2, 0) is 4.74 Å². The van der Waals surface area contributed by atoms with Crippen LogP contribution in [0.4, 0.5) is 5.82 Å². The molecule has 1 fully saturated rings. The van der Waals surface area contributed by atoms with Crippen LogP contribution in [0.25, 0.3) is 11.2 Å². The van der Waals surface area contributed by atoms with Crippen molar-refractivity contribution in [2.45, 2.75) is 6.92 Å². The van der Waals surface area contributed by atoms with E-state index in [1.807, 2.05) is 41.8 Å². The Hall–Kier alpha value is -2.34. The molecule has 3 heterocycles. The summed E-state index contributed by atoms with van der Waals surface area (Å²) in [5, 5.41) is 4.72. The third kappa shape index (κ3) is 3.22. The maximum atomic E-state index is 5.98. The molecule has 1 aliphatic heterocycles. The van der Waals surface area contributed by atoms with Crippen molar-refractivity contribution in [3.8, 4) is 0 Å². The standard InChI is InChI=1S/C17H19BN4O/c1-3-5-13(6-4-2)14-11-16-19-15(18)12-17(22(16)20-14)21-7-9-23-10-8-21/h3-6,11-12H,1,7-10H2,2H3/b6-4-,13-5+. The summed E-state index contributed by atoms with van der Waals surface area (Å²) in [5.74, 6) is 0.945. The second-order valence-electron chi connectivity index (χ2n) is 5.30. The summed E-state index contributed by atoms with van der Waals surface area (Å²) in [7, 11) is 5.98. The summed E-state index contributed by atoms with van der Waals surface area (Å²) < 4.78 is 7.27. The maximum absolute atomic E-state index is 5.98. The van der Waals surface area contributed by atoms with Gasteiger partial charge in [-0.05, 0) is 18.6 Å². The van der Waals surface area contributed by atoms with E-state index in [2.05, 4.69) is 16.5 Å². The monoisotopic (exact) mass is 306 g/mol. The van der Waals surface area contributed by atoms with Crippen LogP contribution < -0.4 is 10.5 Å². The number of rotatable bonds is 4. The second kappa shape index (κ2) is 6.83. The minimum absolute atomic E-state index is 0.491. The summed E-state index contributed by atoms with van der Waals surface area (Å²) >= 11 is 0. The Balaban J connectivity index is 2.11. The van der Waals surface area contributed by atoms with E-state index in [0.717, 1.165) is 35.8 Å². The van der Waals surface area contributed by atoms with Gasteiger partial charge in [0, 0.05) is 24.7 Å². The third-order valence-electron chi connectivity index (χ3n) is 3.70. The lowest BCUT2D eigenvalue weighted by Crippen LogP contribution is -2.38. The smallest absolute Gasteiger partial charge is 0.157 e. The zero-order valence-electron chi connectivity index (χ0n) is 13.3. The summed E-state index contributed by atoms with van der Waals surface area (Å²) in [6.45, 7) is 8.79. The average Bonchev–Trinajstić information content (AvgIpc) is 2.98. The molecule has 2 radical (unpaired) electrons. The Bertz CT molecular complexity index is 772. The molecule has 0 saturated carbocycles. The Morgan fingerprint density at radius 1 is 1.35 bits per heavy atom. The van der Waals surface area contributed by atoms with E-state index in [0.29, 0.717) is 18.8 Å². The van der Waals surface area contributed by atoms with Gasteiger partial charge < -0.3 is 9.64 Å². The number of ether oxygens (including phenoxy) is 1. The molecule has 0 amide bonds. The molecule has 5 nitrogen and oxygen atoms in total. The quantitative estimate of drug-likeness (QED) is 0.634. The van der Waals surface area contributed by atoms with E-state index in [-0.39, 0.29) is 0 Å². The molecular formula is C17H19BN4O. The van der Waals surface area contributed by atoms with Crippen LogP contribution in [0, 0.1) is 0 Å². The van der Waals surface area contributed by atoms with Crippen molar-refractivity contribution < 1.29 is 4.74 Å². The van der Waals surface area contributed by atoms with E-state index >= 15 is 0 Å². The molecule has 0 aliphatic carbocycles. The first kappa shape index (κ1) is 15.6. The van der Waals surface area contributed by atoms with Crippen LogP contribution in [0.2, 0.25) is 0 Å². The highest BCUT2D eigenvalue weighted by Crippen LogP contribution is 2.21. The van der Waals surface area contributed by atoms with Crippen LogP contribution in [0.5, 0.6) is 0 Å². The summed E-state index contributed by atoms with van der Waals surface area (Å²) in [4.78, 5) is 6.62. The van der Waals surface area contributed by atoms with Gasteiger partial charge in [-0.1, -0.05) is 30.9 Å². The van der Waals surface area contributed by atoms with Crippen molar-refractivity contribution >= 4 is 30.5 Å². The van der Waals surface area contributed by atoms with Crippen molar-refractivity contribution in [2.75, 3.05) is 31.2 Å². The minimum Gasteiger partial charge on any atom is -0.378 e. The molecule has 1 aliphatic rings. The Morgan fingerprint density at radius 3 is 2.83 bits per heavy atom. The van der Waals surface area contributed by atoms with Crippen LogP contribution in [0.15, 0.2) is 43.0 Å². The molecule has 0 unspecified atom stereocenters. The van der Waals surface area contributed by atoms with E-state index < -0.39 is 0 Å². The number of morpholine rings is 1. The lowest BCUT2D eigenvalue weighted by atomic mass is 10.0. The predicted octanol–water partition coefficient (Wildman–Crippen LogP) is 1.51. The van der Waals surface area contributed by atoms with Gasteiger partial charge in [-0.15, -0.1) is 0 Å². The maximum Gasteiger partial charge on any atom is 0.157 e. The molecule has 116 valence electrons. The fourth-order valence-corrected chi connectivity index (χ4v) is 2.67. The van der Waals surface area contributed by atoms with Crippen molar-refractivity contribution in [1.82, 2.24) is 14.6 Å². The van der Waals surface area contributed by atoms with Crippen molar-refractivity contribution in [3.05, 3.63) is 48.7 Å². The molecule has 23 heavy (non-hydrogen) atoms. The van der Waals surface area contributed by atoms with Gasteiger partial charge in [-0.2, -0.15) is 9.61 Å². The van der Waals surface area contributed by atoms with Gasteiger partial charge in [0.05, 0.1) is 18.9 Å². The fraction of sp³-hybridized carbons (Fsp3) is 0.294. The Morgan fingerprint density at radius 2 is 2.13 bits per heavy atom. The van der Waals surface area contributed by atoms with Gasteiger partial charge in [0.15, 0.2) is 5.65 Å². The van der Waals surface area contributed by atoms with Gasteiger partial charge in [0.25, 0.3) is 0 Å². The molecule has 0 bridgehead atoms. The number of anilines is 1. The first-order chi connectivity index (χ1) is 11.2. The Kier molecular flexibility index (Phi) is 4.62. The normalized spacial score (nSPS) is 16.4. The van der Waals surface area contributed by atoms with Crippen molar-refractivity contribution in [1.29, 1.82) is 0 Å². The number of fused-ring (bicyclic) bond motifs is 1. The average molecular weight is 306 g/mol. The molecule has 0 spiro atoms. The highest BCUT2D eigenvalue weighted by Gasteiger charge is 2.17. The highest BCUT2D eigenvalue weighted by molar-refractivity contribution is 6.31. The number of aromatic nitrogens is 3.